The van der Waals surface area contributed by atoms with Crippen molar-refractivity contribution in [1.29, 1.82) is 0 Å². The number of hydrogen-bond donors (Lipinski definition) is 1. The Kier molecular flexibility index (Phi) is 8.49. The molecule has 0 unspecified atom stereocenters. The Labute approximate surface area is 169 Å². The van der Waals surface area contributed by atoms with Gasteiger partial charge in [0.1, 0.15) is 0 Å². The second-order valence-electron chi connectivity index (χ2n) is 8.16. The summed E-state index contributed by atoms with van der Waals surface area (Å²) in [5.41, 5.74) is 3.51. The third kappa shape index (κ3) is 6.71. The van der Waals surface area contributed by atoms with Crippen LogP contribution >= 0.6 is 0 Å². The predicted molar refractivity (Wildman–Crippen MR) is 114 cm³/mol. The zero-order valence-corrected chi connectivity index (χ0v) is 17.4. The first-order valence-electron chi connectivity index (χ1n) is 11.2. The Morgan fingerprint density at radius 3 is 2.43 bits per heavy atom. The fourth-order valence-electron chi connectivity index (χ4n) is 3.87. The van der Waals surface area contributed by atoms with Crippen molar-refractivity contribution in [3.8, 4) is 5.69 Å². The van der Waals surface area contributed by atoms with Gasteiger partial charge in [0.05, 0.1) is 23.7 Å². The smallest absolute Gasteiger partial charge is 0.0831 e. The highest BCUT2D eigenvalue weighted by molar-refractivity contribution is 5.34. The Hall–Kier alpha value is -1.72. The minimum atomic E-state index is -0.0934. The molecule has 2 aromatic rings. The van der Waals surface area contributed by atoms with Crippen LogP contribution in [0.4, 0.5) is 0 Å². The molecule has 154 valence electrons. The lowest BCUT2D eigenvalue weighted by atomic mass is 10.1. The number of benzene rings is 1. The molecular weight excluding hydrogens is 348 g/mol. The normalized spacial score (nSPS) is 15.9. The highest BCUT2D eigenvalue weighted by Gasteiger charge is 2.16. The molecule has 28 heavy (non-hydrogen) atoms. The average Bonchev–Trinajstić information content (AvgIpc) is 3.19. The maximum Gasteiger partial charge on any atom is 0.0831 e. The van der Waals surface area contributed by atoms with Gasteiger partial charge in [0.15, 0.2) is 0 Å². The van der Waals surface area contributed by atoms with Gasteiger partial charge in [-0.1, -0.05) is 56.4 Å². The average molecular weight is 385 g/mol. The highest BCUT2D eigenvalue weighted by Crippen LogP contribution is 2.14. The van der Waals surface area contributed by atoms with Gasteiger partial charge < -0.3 is 10.0 Å². The van der Waals surface area contributed by atoms with Crippen molar-refractivity contribution in [3.63, 3.8) is 0 Å². The van der Waals surface area contributed by atoms with Gasteiger partial charge in [-0.3, -0.25) is 0 Å². The highest BCUT2D eigenvalue weighted by atomic mass is 16.3. The first kappa shape index (κ1) is 21.0. The maximum atomic E-state index is 9.60. The van der Waals surface area contributed by atoms with Gasteiger partial charge in [-0.2, -0.15) is 0 Å². The van der Waals surface area contributed by atoms with Crippen molar-refractivity contribution in [1.82, 2.24) is 19.9 Å². The molecule has 1 aliphatic rings. The Bertz CT molecular complexity index is 674. The van der Waals surface area contributed by atoms with Crippen molar-refractivity contribution < 1.29 is 5.11 Å². The van der Waals surface area contributed by atoms with E-state index >= 15 is 0 Å². The molecule has 0 radical (unpaired) electrons. The van der Waals surface area contributed by atoms with E-state index in [4.69, 9.17) is 0 Å². The molecule has 1 fully saturated rings. The number of aromatic nitrogens is 3. The maximum absolute atomic E-state index is 9.60. The van der Waals surface area contributed by atoms with Crippen LogP contribution in [0, 0.1) is 0 Å². The summed E-state index contributed by atoms with van der Waals surface area (Å²) in [6, 6.07) is 8.67. The predicted octanol–water partition coefficient (Wildman–Crippen LogP) is 4.17. The number of nitrogens with zero attached hydrogens (tertiary/aromatic N) is 4. The molecule has 0 amide bonds. The molecule has 5 nitrogen and oxygen atoms in total. The van der Waals surface area contributed by atoms with E-state index in [1.807, 2.05) is 4.68 Å². The number of hydrogen-bond acceptors (Lipinski definition) is 4. The molecule has 1 aliphatic heterocycles. The largest absolute Gasteiger partial charge is 0.393 e. The van der Waals surface area contributed by atoms with Gasteiger partial charge in [0.25, 0.3) is 0 Å². The molecule has 1 N–H and O–H groups in total. The van der Waals surface area contributed by atoms with E-state index in [0.717, 1.165) is 56.7 Å². The number of piperidine rings is 1. The summed E-state index contributed by atoms with van der Waals surface area (Å²) in [5.74, 6) is 0. The molecule has 0 saturated carbocycles. The molecule has 5 heteroatoms. The Balaban J connectivity index is 1.41. The molecule has 1 aromatic carbocycles. The third-order valence-corrected chi connectivity index (χ3v) is 5.80. The number of likely N-dealkylation sites (tertiary alicyclic amines) is 1. The van der Waals surface area contributed by atoms with Gasteiger partial charge >= 0.3 is 0 Å². The summed E-state index contributed by atoms with van der Waals surface area (Å²) >= 11 is 0. The van der Waals surface area contributed by atoms with E-state index < -0.39 is 0 Å². The van der Waals surface area contributed by atoms with E-state index in [2.05, 4.69) is 52.6 Å². The molecule has 2 heterocycles. The molecule has 0 atom stereocenters. The minimum absolute atomic E-state index is 0.0934. The zero-order chi connectivity index (χ0) is 19.6. The topological polar surface area (TPSA) is 54.2 Å². The number of unbranched alkanes of at least 4 members (excludes halogenated alkanes) is 5. The van der Waals surface area contributed by atoms with Crippen molar-refractivity contribution in [3.05, 3.63) is 41.7 Å². The summed E-state index contributed by atoms with van der Waals surface area (Å²) in [7, 11) is 0. The quantitative estimate of drug-likeness (QED) is 0.591. The van der Waals surface area contributed by atoms with E-state index in [1.165, 1.54) is 44.1 Å². The van der Waals surface area contributed by atoms with Gasteiger partial charge in [-0.15, -0.1) is 5.10 Å². The molecule has 1 saturated heterocycles. The number of rotatable bonds is 11. The Morgan fingerprint density at radius 2 is 1.68 bits per heavy atom. The molecule has 3 rings (SSSR count). The second-order valence-corrected chi connectivity index (χ2v) is 8.16. The van der Waals surface area contributed by atoms with Gasteiger partial charge in [0.2, 0.25) is 0 Å². The number of aryl methyl sites for hydroxylation is 1. The number of aliphatic hydroxyl groups excluding tert-OH is 1. The summed E-state index contributed by atoms with van der Waals surface area (Å²) in [4.78, 5) is 2.45. The molecule has 0 spiro atoms. The first-order chi connectivity index (χ1) is 13.7. The summed E-state index contributed by atoms with van der Waals surface area (Å²) in [6.07, 6.45) is 13.7. The third-order valence-electron chi connectivity index (χ3n) is 5.80. The standard InChI is InChI=1S/C23H36N4O/c1-2-3-4-5-6-7-8-21-19-27(25-24-21)22-11-9-20(10-12-22)13-16-26-17-14-23(28)15-18-26/h9-12,19,23,28H,2-8,13-18H2,1H3. The lowest BCUT2D eigenvalue weighted by Crippen LogP contribution is -2.37. The lowest BCUT2D eigenvalue weighted by Gasteiger charge is -2.29. The van der Waals surface area contributed by atoms with Crippen molar-refractivity contribution in [2.24, 2.45) is 0 Å². The van der Waals surface area contributed by atoms with Crippen LogP contribution in [0.25, 0.3) is 5.69 Å². The van der Waals surface area contributed by atoms with Crippen molar-refractivity contribution in [2.75, 3.05) is 19.6 Å². The summed E-state index contributed by atoms with van der Waals surface area (Å²) in [6.45, 7) is 5.35. The van der Waals surface area contributed by atoms with Crippen LogP contribution in [-0.2, 0) is 12.8 Å². The van der Waals surface area contributed by atoms with Crippen LogP contribution in [0.15, 0.2) is 30.5 Å². The monoisotopic (exact) mass is 384 g/mol. The fourth-order valence-corrected chi connectivity index (χ4v) is 3.87. The van der Waals surface area contributed by atoms with Crippen LogP contribution in [0.5, 0.6) is 0 Å². The molecule has 0 aliphatic carbocycles. The fraction of sp³-hybridized carbons (Fsp3) is 0.652. The molecule has 0 bridgehead atoms. The molecule has 1 aromatic heterocycles. The first-order valence-corrected chi connectivity index (χ1v) is 11.2. The van der Waals surface area contributed by atoms with E-state index in [-0.39, 0.29) is 6.10 Å². The number of aliphatic hydroxyl groups is 1. The van der Waals surface area contributed by atoms with Crippen LogP contribution < -0.4 is 0 Å². The van der Waals surface area contributed by atoms with Crippen LogP contribution in [0.3, 0.4) is 0 Å². The second kappa shape index (κ2) is 11.3. The van der Waals surface area contributed by atoms with Gasteiger partial charge in [0, 0.05) is 19.6 Å². The molecular formula is C23H36N4O. The van der Waals surface area contributed by atoms with Crippen LogP contribution in [0.1, 0.15) is 69.5 Å². The summed E-state index contributed by atoms with van der Waals surface area (Å²) < 4.78 is 1.89. The minimum Gasteiger partial charge on any atom is -0.393 e. The van der Waals surface area contributed by atoms with Crippen molar-refractivity contribution in [2.45, 2.75) is 77.2 Å². The van der Waals surface area contributed by atoms with Gasteiger partial charge in [-0.05, 0) is 49.8 Å². The lowest BCUT2D eigenvalue weighted by molar-refractivity contribution is 0.0832. The van der Waals surface area contributed by atoms with Crippen LogP contribution in [-0.4, -0.2) is 50.7 Å². The van der Waals surface area contributed by atoms with E-state index in [0.29, 0.717) is 0 Å². The van der Waals surface area contributed by atoms with E-state index in [9.17, 15) is 5.11 Å². The van der Waals surface area contributed by atoms with E-state index in [1.54, 1.807) is 0 Å². The van der Waals surface area contributed by atoms with Crippen molar-refractivity contribution >= 4 is 0 Å². The SMILES string of the molecule is CCCCCCCCc1cn(-c2ccc(CCN3CCC(O)CC3)cc2)nn1. The Morgan fingerprint density at radius 1 is 0.964 bits per heavy atom. The van der Waals surface area contributed by atoms with Crippen LogP contribution in [0.2, 0.25) is 0 Å². The summed E-state index contributed by atoms with van der Waals surface area (Å²) in [5, 5.41) is 18.2. The zero-order valence-electron chi connectivity index (χ0n) is 17.4. The van der Waals surface area contributed by atoms with Gasteiger partial charge in [-0.25, -0.2) is 4.68 Å².